The van der Waals surface area contributed by atoms with Crippen molar-refractivity contribution in [2.75, 3.05) is 13.2 Å². The summed E-state index contributed by atoms with van der Waals surface area (Å²) in [6.45, 7) is 11.8. The van der Waals surface area contributed by atoms with Crippen molar-refractivity contribution in [2.24, 2.45) is 0 Å². The van der Waals surface area contributed by atoms with E-state index in [-0.39, 0.29) is 11.6 Å². The number of allylic oxidation sites excluding steroid dienone is 2. The van der Waals surface area contributed by atoms with Gasteiger partial charge < -0.3 is 9.53 Å². The van der Waals surface area contributed by atoms with Crippen LogP contribution in [0.3, 0.4) is 0 Å². The molecule has 0 aliphatic carbocycles. The van der Waals surface area contributed by atoms with Gasteiger partial charge in [-0.05, 0) is 30.3 Å². The van der Waals surface area contributed by atoms with Gasteiger partial charge in [-0.15, -0.1) is 0 Å². The molecule has 0 spiro atoms. The van der Waals surface area contributed by atoms with Crippen LogP contribution in [0.1, 0.15) is 27.2 Å². The SMILES string of the molecule is CC(C)(C)[Si](C)(C)OCCC#C/C=C\C#CCO. The smallest absolute Gasteiger partial charge is 0.192 e. The Hall–Kier alpha value is -1.00. The van der Waals surface area contributed by atoms with Gasteiger partial charge in [0.25, 0.3) is 0 Å². The molecule has 18 heavy (non-hydrogen) atoms. The number of aliphatic hydroxyl groups is 1. The molecule has 0 bridgehead atoms. The normalized spacial score (nSPS) is 11.7. The number of hydrogen-bond donors (Lipinski definition) is 1. The van der Waals surface area contributed by atoms with E-state index >= 15 is 0 Å². The second kappa shape index (κ2) is 8.16. The Bertz CT molecular complexity index is 381. The molecule has 0 unspecified atom stereocenters. The second-order valence-electron chi connectivity index (χ2n) is 5.49. The van der Waals surface area contributed by atoms with Crippen molar-refractivity contribution in [1.82, 2.24) is 0 Å². The zero-order valence-electron chi connectivity index (χ0n) is 12.1. The Kier molecular flexibility index (Phi) is 7.71. The van der Waals surface area contributed by atoms with Crippen LogP contribution in [0, 0.1) is 23.7 Å². The molecule has 0 radical (unpaired) electrons. The van der Waals surface area contributed by atoms with Gasteiger partial charge in [0.1, 0.15) is 6.61 Å². The lowest BCUT2D eigenvalue weighted by atomic mass is 10.2. The molecule has 0 atom stereocenters. The molecule has 0 aromatic heterocycles. The second-order valence-corrected chi connectivity index (χ2v) is 10.3. The van der Waals surface area contributed by atoms with Crippen molar-refractivity contribution < 1.29 is 9.53 Å². The van der Waals surface area contributed by atoms with E-state index in [1.165, 1.54) is 0 Å². The summed E-state index contributed by atoms with van der Waals surface area (Å²) in [5, 5.41) is 8.67. The third-order valence-electron chi connectivity index (χ3n) is 3.03. The van der Waals surface area contributed by atoms with Crippen molar-refractivity contribution in [3.63, 3.8) is 0 Å². The molecule has 100 valence electrons. The molecule has 0 fully saturated rings. The van der Waals surface area contributed by atoms with Gasteiger partial charge in [-0.3, -0.25) is 0 Å². The highest BCUT2D eigenvalue weighted by atomic mass is 28.4. The summed E-state index contributed by atoms with van der Waals surface area (Å²) >= 11 is 0. The van der Waals surface area contributed by atoms with E-state index in [1.807, 2.05) is 0 Å². The highest BCUT2D eigenvalue weighted by molar-refractivity contribution is 6.74. The molecule has 0 aliphatic rings. The van der Waals surface area contributed by atoms with Crippen LogP contribution in [0.25, 0.3) is 0 Å². The molecule has 0 saturated carbocycles. The minimum atomic E-state index is -1.63. The van der Waals surface area contributed by atoms with Gasteiger partial charge in [0.15, 0.2) is 8.32 Å². The van der Waals surface area contributed by atoms with Crippen LogP contribution in [0.15, 0.2) is 12.2 Å². The molecule has 0 saturated heterocycles. The van der Waals surface area contributed by atoms with Gasteiger partial charge in [0, 0.05) is 13.0 Å². The molecule has 1 N–H and O–H groups in total. The molecule has 2 nitrogen and oxygen atoms in total. The van der Waals surface area contributed by atoms with E-state index in [4.69, 9.17) is 9.53 Å². The highest BCUT2D eigenvalue weighted by Gasteiger charge is 2.36. The van der Waals surface area contributed by atoms with Gasteiger partial charge >= 0.3 is 0 Å². The summed E-state index contributed by atoms with van der Waals surface area (Å²) in [6.07, 6.45) is 4.07. The van der Waals surface area contributed by atoms with Gasteiger partial charge in [0.2, 0.25) is 0 Å². The van der Waals surface area contributed by atoms with E-state index < -0.39 is 8.32 Å². The molecule has 0 heterocycles. The Morgan fingerprint density at radius 2 is 1.67 bits per heavy atom. The van der Waals surface area contributed by atoms with Crippen LogP contribution in [-0.4, -0.2) is 26.6 Å². The molecule has 0 aliphatic heterocycles. The Balaban J connectivity index is 3.95. The first-order chi connectivity index (χ1) is 8.31. The van der Waals surface area contributed by atoms with E-state index in [0.29, 0.717) is 6.61 Å². The molecular weight excluding hydrogens is 240 g/mol. The maximum atomic E-state index is 8.42. The lowest BCUT2D eigenvalue weighted by molar-refractivity contribution is 0.296. The van der Waals surface area contributed by atoms with Gasteiger partial charge in [-0.25, -0.2) is 0 Å². The van der Waals surface area contributed by atoms with Crippen LogP contribution < -0.4 is 0 Å². The predicted molar refractivity (Wildman–Crippen MR) is 79.5 cm³/mol. The summed E-state index contributed by atoms with van der Waals surface area (Å²) in [7, 11) is -1.63. The monoisotopic (exact) mass is 264 g/mol. The molecule has 0 aromatic rings. The Labute approximate surface area is 113 Å². The topological polar surface area (TPSA) is 29.5 Å². The highest BCUT2D eigenvalue weighted by Crippen LogP contribution is 2.36. The average molecular weight is 264 g/mol. The maximum Gasteiger partial charge on any atom is 0.192 e. The summed E-state index contributed by atoms with van der Waals surface area (Å²) in [4.78, 5) is 0. The van der Waals surface area contributed by atoms with Crippen molar-refractivity contribution in [2.45, 2.75) is 45.3 Å². The van der Waals surface area contributed by atoms with Crippen molar-refractivity contribution >= 4 is 8.32 Å². The minimum Gasteiger partial charge on any atom is -0.416 e. The van der Waals surface area contributed by atoms with Crippen LogP contribution >= 0.6 is 0 Å². The van der Waals surface area contributed by atoms with Gasteiger partial charge in [0.05, 0.1) is 0 Å². The Morgan fingerprint density at radius 1 is 1.11 bits per heavy atom. The van der Waals surface area contributed by atoms with Crippen LogP contribution in [0.5, 0.6) is 0 Å². The summed E-state index contributed by atoms with van der Waals surface area (Å²) in [5.74, 6) is 11.1. The van der Waals surface area contributed by atoms with Crippen molar-refractivity contribution in [3.8, 4) is 23.7 Å². The first-order valence-corrected chi connectivity index (χ1v) is 9.09. The van der Waals surface area contributed by atoms with Gasteiger partial charge in [-0.2, -0.15) is 0 Å². The van der Waals surface area contributed by atoms with E-state index in [1.54, 1.807) is 12.2 Å². The van der Waals surface area contributed by atoms with Crippen LogP contribution in [0.2, 0.25) is 18.1 Å². The molecule has 3 heteroatoms. The number of rotatable bonds is 3. The van der Waals surface area contributed by atoms with E-state index in [9.17, 15) is 0 Å². The molecule has 0 rings (SSSR count). The summed E-state index contributed by atoms with van der Waals surface area (Å²) < 4.78 is 5.99. The summed E-state index contributed by atoms with van der Waals surface area (Å²) in [5.41, 5.74) is 0. The van der Waals surface area contributed by atoms with Crippen molar-refractivity contribution in [3.05, 3.63) is 12.2 Å². The standard InChI is InChI=1S/C15H24O2Si/c1-15(2,3)18(4,5)17-14-12-10-8-6-7-9-11-13-16/h6-7,16H,12-14H2,1-5H3/b7-6-. The number of aliphatic hydroxyl groups excluding tert-OH is 1. The van der Waals surface area contributed by atoms with Crippen LogP contribution in [-0.2, 0) is 4.43 Å². The fraction of sp³-hybridized carbons (Fsp3) is 0.600. The lowest BCUT2D eigenvalue weighted by Crippen LogP contribution is -2.40. The van der Waals surface area contributed by atoms with Crippen LogP contribution in [0.4, 0.5) is 0 Å². The number of hydrogen-bond acceptors (Lipinski definition) is 2. The molecule has 0 amide bonds. The fourth-order valence-electron chi connectivity index (χ4n) is 0.893. The zero-order chi connectivity index (χ0) is 14.1. The lowest BCUT2D eigenvalue weighted by Gasteiger charge is -2.35. The first-order valence-electron chi connectivity index (χ1n) is 6.18. The van der Waals surface area contributed by atoms with E-state index in [2.05, 4.69) is 57.5 Å². The quantitative estimate of drug-likeness (QED) is 0.482. The first kappa shape index (κ1) is 17.0. The largest absolute Gasteiger partial charge is 0.416 e. The Morgan fingerprint density at radius 3 is 2.17 bits per heavy atom. The maximum absolute atomic E-state index is 8.42. The average Bonchev–Trinajstić information content (AvgIpc) is 2.25. The van der Waals surface area contributed by atoms with E-state index in [0.717, 1.165) is 6.42 Å². The fourth-order valence-corrected chi connectivity index (χ4v) is 1.94. The van der Waals surface area contributed by atoms with Crippen molar-refractivity contribution in [1.29, 1.82) is 0 Å². The molecular formula is C15H24O2Si. The third-order valence-corrected chi connectivity index (χ3v) is 7.57. The molecule has 0 aromatic carbocycles. The third kappa shape index (κ3) is 7.35. The minimum absolute atomic E-state index is 0.113. The zero-order valence-corrected chi connectivity index (χ0v) is 13.1. The summed E-state index contributed by atoms with van der Waals surface area (Å²) in [6, 6.07) is 0. The predicted octanol–water partition coefficient (Wildman–Crippen LogP) is 2.95. The van der Waals surface area contributed by atoms with Gasteiger partial charge in [-0.1, -0.05) is 44.5 Å².